The van der Waals surface area contributed by atoms with Crippen LogP contribution in [-0.4, -0.2) is 43.5 Å². The zero-order valence-corrected chi connectivity index (χ0v) is 16.2. The number of hydrogen-bond acceptors (Lipinski definition) is 5. The first-order valence-electron chi connectivity index (χ1n) is 8.72. The highest BCUT2D eigenvalue weighted by Crippen LogP contribution is 2.28. The summed E-state index contributed by atoms with van der Waals surface area (Å²) in [5.41, 5.74) is 0.587. The summed E-state index contributed by atoms with van der Waals surface area (Å²) in [6.45, 7) is 1.65. The third kappa shape index (κ3) is 5.98. The third-order valence-corrected chi connectivity index (χ3v) is 4.35. The molecule has 2 aromatic carbocycles. The van der Waals surface area contributed by atoms with Crippen molar-refractivity contribution in [2.24, 2.45) is 0 Å². The lowest BCUT2D eigenvalue weighted by Gasteiger charge is -2.21. The zero-order valence-electron chi connectivity index (χ0n) is 16.2. The van der Waals surface area contributed by atoms with Gasteiger partial charge in [0.05, 0.1) is 30.8 Å². The Hall–Kier alpha value is -3.53. The quantitative estimate of drug-likeness (QED) is 0.451. The summed E-state index contributed by atoms with van der Waals surface area (Å²) in [7, 11) is 3.02. The number of carbonyl (C=O) groups excluding carboxylic acids is 2. The third-order valence-electron chi connectivity index (χ3n) is 4.35. The maximum atomic E-state index is 12.9. The maximum absolute atomic E-state index is 12.9. The number of halogens is 1. The highest BCUT2D eigenvalue weighted by Gasteiger charge is 2.25. The van der Waals surface area contributed by atoms with Crippen molar-refractivity contribution >= 4 is 28.9 Å². The van der Waals surface area contributed by atoms with Gasteiger partial charge in [-0.3, -0.25) is 19.7 Å². The molecule has 0 aliphatic heterocycles. The molecule has 0 saturated heterocycles. The van der Waals surface area contributed by atoms with Gasteiger partial charge in [-0.05, 0) is 37.3 Å². The topological polar surface area (TPSA) is 115 Å². The van der Waals surface area contributed by atoms with Crippen LogP contribution in [0.3, 0.4) is 0 Å². The van der Waals surface area contributed by atoms with Crippen molar-refractivity contribution in [1.29, 1.82) is 0 Å². The first-order chi connectivity index (χ1) is 13.7. The molecular weight excluding hydrogens is 383 g/mol. The van der Waals surface area contributed by atoms with E-state index in [1.54, 1.807) is 14.0 Å². The van der Waals surface area contributed by atoms with Crippen molar-refractivity contribution < 1.29 is 28.5 Å². The van der Waals surface area contributed by atoms with Crippen LogP contribution in [-0.2, 0) is 9.59 Å². The van der Waals surface area contributed by atoms with E-state index in [1.165, 1.54) is 49.6 Å². The number of nitrogens with one attached hydrogen (secondary N) is 3. The van der Waals surface area contributed by atoms with Crippen LogP contribution in [0, 0.1) is 15.9 Å². The molecule has 0 aliphatic carbocycles. The van der Waals surface area contributed by atoms with Crippen molar-refractivity contribution in [3.63, 3.8) is 0 Å². The molecule has 29 heavy (non-hydrogen) atoms. The first-order valence-corrected chi connectivity index (χ1v) is 8.72. The number of amides is 2. The Kier molecular flexibility index (Phi) is 7.21. The number of methoxy groups -OCH3 is 1. The van der Waals surface area contributed by atoms with Crippen molar-refractivity contribution in [3.8, 4) is 5.75 Å². The molecular formula is C19H22FN4O5+. The number of nitrogens with zero attached hydrogens (tertiary/aromatic N) is 1. The SMILES string of the molecule is COc1cc([N+](=O)[O-])ccc1NC(=O)[C@H](C)[NH+](C)CC(=O)Nc1ccc(F)cc1. The smallest absolute Gasteiger partial charge is 0.282 e. The summed E-state index contributed by atoms with van der Waals surface area (Å²) < 4.78 is 18.0. The Bertz CT molecular complexity index is 904. The molecule has 10 heteroatoms. The van der Waals surface area contributed by atoms with Crippen LogP contribution in [0.4, 0.5) is 21.5 Å². The van der Waals surface area contributed by atoms with Gasteiger partial charge in [0.1, 0.15) is 11.6 Å². The molecule has 1 unspecified atom stereocenters. The van der Waals surface area contributed by atoms with Crippen LogP contribution in [0.2, 0.25) is 0 Å². The number of ether oxygens (including phenoxy) is 1. The molecule has 154 valence electrons. The van der Waals surface area contributed by atoms with Crippen molar-refractivity contribution in [2.75, 3.05) is 31.3 Å². The lowest BCUT2D eigenvalue weighted by Crippen LogP contribution is -3.14. The summed E-state index contributed by atoms with van der Waals surface area (Å²) >= 11 is 0. The first kappa shape index (κ1) is 21.8. The number of quaternary nitrogens is 1. The Morgan fingerprint density at radius 2 is 1.86 bits per heavy atom. The van der Waals surface area contributed by atoms with E-state index in [4.69, 9.17) is 4.74 Å². The summed E-state index contributed by atoms with van der Waals surface area (Å²) in [6, 6.07) is 8.62. The summed E-state index contributed by atoms with van der Waals surface area (Å²) in [5, 5.41) is 16.1. The van der Waals surface area contributed by atoms with E-state index in [1.807, 2.05) is 0 Å². The number of non-ortho nitro benzene ring substituents is 1. The number of carbonyl (C=O) groups is 2. The van der Waals surface area contributed by atoms with Gasteiger partial charge in [-0.15, -0.1) is 0 Å². The number of nitro groups is 1. The molecule has 2 atom stereocenters. The van der Waals surface area contributed by atoms with Gasteiger partial charge in [0.25, 0.3) is 17.5 Å². The normalized spacial score (nSPS) is 12.6. The van der Waals surface area contributed by atoms with Gasteiger partial charge < -0.3 is 20.3 Å². The van der Waals surface area contributed by atoms with E-state index in [0.717, 1.165) is 0 Å². The molecule has 0 aliphatic rings. The molecule has 2 rings (SSSR count). The van der Waals surface area contributed by atoms with E-state index in [9.17, 15) is 24.1 Å². The molecule has 0 radical (unpaired) electrons. The molecule has 2 amide bonds. The van der Waals surface area contributed by atoms with Gasteiger partial charge in [-0.25, -0.2) is 4.39 Å². The number of benzene rings is 2. The molecule has 9 nitrogen and oxygen atoms in total. The Morgan fingerprint density at radius 1 is 1.21 bits per heavy atom. The van der Waals surface area contributed by atoms with E-state index in [2.05, 4.69) is 10.6 Å². The average Bonchev–Trinajstić information content (AvgIpc) is 2.69. The van der Waals surface area contributed by atoms with E-state index < -0.39 is 16.8 Å². The number of likely N-dealkylation sites (N-methyl/N-ethyl adjacent to an activating group) is 1. The van der Waals surface area contributed by atoms with Crippen LogP contribution in [0.5, 0.6) is 5.75 Å². The van der Waals surface area contributed by atoms with Crippen LogP contribution in [0.15, 0.2) is 42.5 Å². The van der Waals surface area contributed by atoms with Crippen LogP contribution >= 0.6 is 0 Å². The van der Waals surface area contributed by atoms with Gasteiger partial charge in [-0.1, -0.05) is 0 Å². The lowest BCUT2D eigenvalue weighted by atomic mass is 10.2. The second-order valence-electron chi connectivity index (χ2n) is 6.43. The second kappa shape index (κ2) is 9.60. The fraction of sp³-hybridized carbons (Fsp3) is 0.263. The van der Waals surface area contributed by atoms with Crippen LogP contribution < -0.4 is 20.3 Å². The number of nitro benzene ring substituents is 1. The van der Waals surface area contributed by atoms with Crippen LogP contribution in [0.25, 0.3) is 0 Å². The molecule has 0 bridgehead atoms. The Balaban J connectivity index is 1.97. The summed E-state index contributed by atoms with van der Waals surface area (Å²) in [4.78, 5) is 35.6. The Labute approximate surface area is 166 Å². The van der Waals surface area contributed by atoms with Gasteiger partial charge in [0, 0.05) is 11.8 Å². The van der Waals surface area contributed by atoms with Crippen LogP contribution in [0.1, 0.15) is 6.92 Å². The highest BCUT2D eigenvalue weighted by atomic mass is 19.1. The average molecular weight is 405 g/mol. The monoisotopic (exact) mass is 405 g/mol. The zero-order chi connectivity index (χ0) is 21.6. The van der Waals surface area contributed by atoms with Gasteiger partial charge in [-0.2, -0.15) is 0 Å². The molecule has 2 aromatic rings. The fourth-order valence-corrected chi connectivity index (χ4v) is 2.51. The van der Waals surface area contributed by atoms with Crippen molar-refractivity contribution in [1.82, 2.24) is 0 Å². The lowest BCUT2D eigenvalue weighted by molar-refractivity contribution is -0.885. The molecule has 0 saturated carbocycles. The second-order valence-corrected chi connectivity index (χ2v) is 6.43. The molecule has 0 fully saturated rings. The van der Waals surface area contributed by atoms with Gasteiger partial charge in [0.15, 0.2) is 12.6 Å². The number of rotatable bonds is 8. The largest absolute Gasteiger partial charge is 0.494 e. The van der Waals surface area contributed by atoms with Gasteiger partial charge >= 0.3 is 0 Å². The predicted molar refractivity (Wildman–Crippen MR) is 105 cm³/mol. The minimum absolute atomic E-state index is 0.00333. The van der Waals surface area contributed by atoms with E-state index >= 15 is 0 Å². The molecule has 0 spiro atoms. The maximum Gasteiger partial charge on any atom is 0.282 e. The highest BCUT2D eigenvalue weighted by molar-refractivity contribution is 5.95. The fourth-order valence-electron chi connectivity index (χ4n) is 2.51. The molecule has 3 N–H and O–H groups in total. The number of anilines is 2. The molecule has 0 aromatic heterocycles. The van der Waals surface area contributed by atoms with E-state index in [0.29, 0.717) is 16.3 Å². The summed E-state index contributed by atoms with van der Waals surface area (Å²) in [6.07, 6.45) is 0. The number of hydrogen-bond donors (Lipinski definition) is 3. The van der Waals surface area contributed by atoms with Gasteiger partial charge in [0.2, 0.25) is 0 Å². The minimum Gasteiger partial charge on any atom is -0.494 e. The van der Waals surface area contributed by atoms with E-state index in [-0.39, 0.29) is 29.8 Å². The standard InChI is InChI=1S/C19H21FN4O5/c1-12(23(2)11-18(25)21-14-6-4-13(20)5-7-14)19(26)22-16-9-8-15(24(27)28)10-17(16)29-3/h4-10,12H,11H2,1-3H3,(H,21,25)(H,22,26)/p+1/t12-/m0/s1. The summed E-state index contributed by atoms with van der Waals surface area (Å²) in [5.74, 6) is -0.963. The van der Waals surface area contributed by atoms with Crippen molar-refractivity contribution in [3.05, 3.63) is 58.4 Å². The van der Waals surface area contributed by atoms with Crippen molar-refractivity contribution in [2.45, 2.75) is 13.0 Å². The predicted octanol–water partition coefficient (Wildman–Crippen LogP) is 1.22. The minimum atomic E-state index is -0.603. The Morgan fingerprint density at radius 3 is 2.45 bits per heavy atom. The molecule has 0 heterocycles.